The number of rotatable bonds is 5. The highest BCUT2D eigenvalue weighted by atomic mass is 32.1. The van der Waals surface area contributed by atoms with Crippen LogP contribution in [0.5, 0.6) is 0 Å². The molecule has 0 spiro atoms. The number of hydrogen-bond acceptors (Lipinski definition) is 4. The molecular formula is C48H29NO2S. The molecule has 52 heavy (non-hydrogen) atoms. The summed E-state index contributed by atoms with van der Waals surface area (Å²) in [4.78, 5) is 2.37. The number of thiophene rings is 1. The van der Waals surface area contributed by atoms with Crippen molar-refractivity contribution in [2.75, 3.05) is 4.90 Å². The van der Waals surface area contributed by atoms with Gasteiger partial charge in [0, 0.05) is 48.3 Å². The second-order valence-electron chi connectivity index (χ2n) is 13.2. The Morgan fingerprint density at radius 2 is 1.04 bits per heavy atom. The zero-order valence-corrected chi connectivity index (χ0v) is 28.7. The molecule has 0 saturated carbocycles. The molecule has 0 unspecified atom stereocenters. The monoisotopic (exact) mass is 683 g/mol. The lowest BCUT2D eigenvalue weighted by Gasteiger charge is -2.26. The van der Waals surface area contributed by atoms with Crippen LogP contribution in [-0.4, -0.2) is 0 Å². The lowest BCUT2D eigenvalue weighted by molar-refractivity contribution is 0.669. The Labute approximate surface area is 303 Å². The van der Waals surface area contributed by atoms with E-state index in [0.717, 1.165) is 83.2 Å². The van der Waals surface area contributed by atoms with Crippen LogP contribution in [0.25, 0.3) is 86.3 Å². The molecule has 3 nitrogen and oxygen atoms in total. The topological polar surface area (TPSA) is 29.5 Å². The lowest BCUT2D eigenvalue weighted by Crippen LogP contribution is -2.10. The predicted molar refractivity (Wildman–Crippen MR) is 219 cm³/mol. The average molecular weight is 684 g/mol. The molecular weight excluding hydrogens is 655 g/mol. The van der Waals surface area contributed by atoms with Crippen molar-refractivity contribution in [2.45, 2.75) is 0 Å². The Hall–Kier alpha value is -6.62. The molecule has 3 aromatic heterocycles. The fourth-order valence-electron chi connectivity index (χ4n) is 7.85. The van der Waals surface area contributed by atoms with Crippen LogP contribution >= 0.6 is 11.3 Å². The molecule has 0 bridgehead atoms. The summed E-state index contributed by atoms with van der Waals surface area (Å²) in [6, 6.07) is 62.4. The van der Waals surface area contributed by atoms with Crippen LogP contribution in [0.15, 0.2) is 185 Å². The lowest BCUT2D eigenvalue weighted by atomic mass is 10.0. The van der Waals surface area contributed by atoms with Gasteiger partial charge in [-0.15, -0.1) is 11.3 Å². The van der Waals surface area contributed by atoms with Crippen LogP contribution in [0.2, 0.25) is 0 Å². The summed E-state index contributed by atoms with van der Waals surface area (Å²) in [5, 5.41) is 7.00. The molecule has 0 amide bonds. The highest BCUT2D eigenvalue weighted by Crippen LogP contribution is 2.48. The maximum atomic E-state index is 6.97. The van der Waals surface area contributed by atoms with E-state index in [-0.39, 0.29) is 0 Å². The van der Waals surface area contributed by atoms with Gasteiger partial charge in [-0.1, -0.05) is 127 Å². The van der Waals surface area contributed by atoms with E-state index in [4.69, 9.17) is 8.83 Å². The van der Waals surface area contributed by atoms with Crippen molar-refractivity contribution >= 4 is 92.4 Å². The number of para-hydroxylation sites is 3. The van der Waals surface area contributed by atoms with Crippen LogP contribution in [0.3, 0.4) is 0 Å². The molecule has 8 aromatic carbocycles. The first-order valence-corrected chi connectivity index (χ1v) is 18.3. The number of furan rings is 2. The summed E-state index contributed by atoms with van der Waals surface area (Å²) >= 11 is 1.84. The summed E-state index contributed by atoms with van der Waals surface area (Å²) in [6.45, 7) is 0. The molecule has 0 saturated heterocycles. The molecule has 0 aliphatic rings. The number of nitrogens with zero attached hydrogens (tertiary/aromatic N) is 1. The van der Waals surface area contributed by atoms with Crippen LogP contribution in [-0.2, 0) is 0 Å². The smallest absolute Gasteiger partial charge is 0.159 e. The summed E-state index contributed by atoms with van der Waals surface area (Å²) in [5.41, 5.74) is 11.2. The summed E-state index contributed by atoms with van der Waals surface area (Å²) in [5.74, 6) is 0. The molecule has 0 fully saturated rings. The van der Waals surface area contributed by atoms with E-state index in [1.54, 1.807) is 0 Å². The number of fused-ring (bicyclic) bond motifs is 9. The maximum absolute atomic E-state index is 6.97. The summed E-state index contributed by atoms with van der Waals surface area (Å²) in [7, 11) is 0. The van der Waals surface area contributed by atoms with Crippen LogP contribution in [0, 0.1) is 0 Å². The van der Waals surface area contributed by atoms with Gasteiger partial charge in [-0.2, -0.15) is 0 Å². The second-order valence-corrected chi connectivity index (χ2v) is 14.3. The number of hydrogen-bond donors (Lipinski definition) is 0. The van der Waals surface area contributed by atoms with Gasteiger partial charge in [0.05, 0.1) is 16.1 Å². The minimum Gasteiger partial charge on any atom is -0.456 e. The molecule has 11 rings (SSSR count). The van der Waals surface area contributed by atoms with Crippen molar-refractivity contribution in [3.8, 4) is 22.3 Å². The van der Waals surface area contributed by atoms with E-state index in [1.165, 1.54) is 20.2 Å². The first-order chi connectivity index (χ1) is 25.8. The van der Waals surface area contributed by atoms with Gasteiger partial charge in [-0.05, 0) is 65.2 Å². The quantitative estimate of drug-likeness (QED) is 0.181. The third kappa shape index (κ3) is 4.45. The fourth-order valence-corrected chi connectivity index (χ4v) is 9.06. The zero-order valence-electron chi connectivity index (χ0n) is 27.9. The Morgan fingerprint density at radius 1 is 0.385 bits per heavy atom. The first-order valence-electron chi connectivity index (χ1n) is 17.5. The van der Waals surface area contributed by atoms with E-state index >= 15 is 0 Å². The molecule has 0 aliphatic carbocycles. The van der Waals surface area contributed by atoms with Crippen LogP contribution in [0.4, 0.5) is 17.1 Å². The van der Waals surface area contributed by atoms with Crippen LogP contribution in [0.1, 0.15) is 0 Å². The van der Waals surface area contributed by atoms with Gasteiger partial charge >= 0.3 is 0 Å². The first kappa shape index (κ1) is 29.1. The van der Waals surface area contributed by atoms with Gasteiger partial charge in [0.2, 0.25) is 0 Å². The minimum atomic E-state index is 0.860. The highest BCUT2D eigenvalue weighted by Gasteiger charge is 2.23. The summed E-state index contributed by atoms with van der Waals surface area (Å²) in [6.07, 6.45) is 0. The van der Waals surface area contributed by atoms with E-state index in [2.05, 4.69) is 169 Å². The maximum Gasteiger partial charge on any atom is 0.159 e. The van der Waals surface area contributed by atoms with Gasteiger partial charge in [-0.3, -0.25) is 0 Å². The Balaban J connectivity index is 1.12. The van der Waals surface area contributed by atoms with Crippen molar-refractivity contribution in [1.29, 1.82) is 0 Å². The predicted octanol–water partition coefficient (Wildman–Crippen LogP) is 14.7. The van der Waals surface area contributed by atoms with Gasteiger partial charge < -0.3 is 13.7 Å². The summed E-state index contributed by atoms with van der Waals surface area (Å²) < 4.78 is 15.7. The molecule has 11 aromatic rings. The van der Waals surface area contributed by atoms with E-state index < -0.39 is 0 Å². The molecule has 0 N–H and O–H groups in total. The Kier molecular flexibility index (Phi) is 6.42. The molecule has 4 heteroatoms. The SMILES string of the molecule is c1ccc(-c2cccc3c2oc2c(N(c4ccc(-c5ccc6c(c5)oc5ccccc56)cc4)c4cccc5c4sc4ccccc45)cccc23)cc1. The van der Waals surface area contributed by atoms with E-state index in [1.807, 2.05) is 23.5 Å². The van der Waals surface area contributed by atoms with Gasteiger partial charge in [-0.25, -0.2) is 0 Å². The van der Waals surface area contributed by atoms with Gasteiger partial charge in [0.1, 0.15) is 16.7 Å². The fraction of sp³-hybridized carbons (Fsp3) is 0. The highest BCUT2D eigenvalue weighted by molar-refractivity contribution is 7.26. The van der Waals surface area contributed by atoms with Crippen molar-refractivity contribution in [1.82, 2.24) is 0 Å². The minimum absolute atomic E-state index is 0.860. The Bertz CT molecular complexity index is 3130. The largest absolute Gasteiger partial charge is 0.456 e. The zero-order chi connectivity index (χ0) is 34.2. The molecule has 244 valence electrons. The Morgan fingerprint density at radius 3 is 1.90 bits per heavy atom. The van der Waals surface area contributed by atoms with Gasteiger partial charge in [0.15, 0.2) is 5.58 Å². The molecule has 0 radical (unpaired) electrons. The molecule has 0 aliphatic heterocycles. The van der Waals surface area contributed by atoms with E-state index in [9.17, 15) is 0 Å². The molecule has 3 heterocycles. The average Bonchev–Trinajstić information content (AvgIpc) is 3.90. The van der Waals surface area contributed by atoms with Crippen molar-refractivity contribution in [2.24, 2.45) is 0 Å². The number of benzene rings is 8. The number of anilines is 3. The van der Waals surface area contributed by atoms with Gasteiger partial charge in [0.25, 0.3) is 0 Å². The normalized spacial score (nSPS) is 11.8. The van der Waals surface area contributed by atoms with Crippen LogP contribution < -0.4 is 4.90 Å². The third-order valence-corrected chi connectivity index (χ3v) is 11.5. The standard InChI is InChI=1S/C48H29NO2S/c1-2-11-31(12-3-1)34-15-8-16-38-39-17-9-19-41(47(39)51-46(34)38)49(42-20-10-18-40-37-14-5-7-22-45(37)52-48(40)42)33-26-23-30(24-27-33)32-25-28-36-35-13-4-6-21-43(35)50-44(36)29-32/h1-29H. The van der Waals surface area contributed by atoms with E-state index in [0.29, 0.717) is 0 Å². The molecule has 0 atom stereocenters. The third-order valence-electron chi connectivity index (χ3n) is 10.3. The van der Waals surface area contributed by atoms with Crippen molar-refractivity contribution in [3.63, 3.8) is 0 Å². The second kappa shape index (κ2) is 11.5. The van der Waals surface area contributed by atoms with Crippen molar-refractivity contribution in [3.05, 3.63) is 176 Å². The van der Waals surface area contributed by atoms with Crippen molar-refractivity contribution < 1.29 is 8.83 Å².